The van der Waals surface area contributed by atoms with Crippen LogP contribution in [0, 0.1) is 13.8 Å². The maximum atomic E-state index is 10.5. The molecule has 0 atom stereocenters. The Hall–Kier alpha value is -1.04. The Morgan fingerprint density at radius 2 is 1.00 bits per heavy atom. The van der Waals surface area contributed by atoms with Gasteiger partial charge in [0, 0.05) is 5.97 Å². The van der Waals surface area contributed by atoms with Crippen LogP contribution in [-0.4, -0.2) is 35.8 Å². The van der Waals surface area contributed by atoms with Crippen LogP contribution in [0.1, 0.15) is 178 Å². The number of carbonyl (C=O) groups excluding carboxylic acids is 2. The Labute approximate surface area is 272 Å². The summed E-state index contributed by atoms with van der Waals surface area (Å²) in [5.74, 6) is -2.00. The number of unbranched alkanes of at least 4 members (excludes halogenated alkanes) is 16. The maximum Gasteiger partial charge on any atom is 2.00 e. The standard InChI is InChI=1S/C17H34O2.C11H14O2.2C4H9.Sn/c1-2-3-4-5-6-7-8-9-10-11-12-13-14-15-16-17(18)19;1-2-3-5-9-6-4-7-10(8-9)11(12)13;2*1-3-4-2;/h2-16H2,1H3,(H,18,19);4,6-8H,2-3,5H2,1H3,(H,12,13);2*1,3-4H2,2H3;/q;;;;+2/p-2. The summed E-state index contributed by atoms with van der Waals surface area (Å²) in [6.07, 6.45) is 26.1. The first-order chi connectivity index (χ1) is 19.3. The van der Waals surface area contributed by atoms with Gasteiger partial charge in [-0.15, -0.1) is 0 Å². The van der Waals surface area contributed by atoms with Crippen molar-refractivity contribution in [1.82, 2.24) is 0 Å². The second-order valence-corrected chi connectivity index (χ2v) is 10.5. The fourth-order valence-corrected chi connectivity index (χ4v) is 3.70. The van der Waals surface area contributed by atoms with Crippen LogP contribution in [0.5, 0.6) is 0 Å². The second-order valence-electron chi connectivity index (χ2n) is 10.5. The smallest absolute Gasteiger partial charge is 0.550 e. The molecule has 0 bridgehead atoms. The number of benzene rings is 1. The van der Waals surface area contributed by atoms with Crippen molar-refractivity contribution in [2.24, 2.45) is 0 Å². The first kappa shape index (κ1) is 46.9. The molecule has 0 fully saturated rings. The van der Waals surface area contributed by atoms with Crippen LogP contribution >= 0.6 is 0 Å². The van der Waals surface area contributed by atoms with E-state index in [0.29, 0.717) is 0 Å². The van der Waals surface area contributed by atoms with Crippen LogP contribution in [0.15, 0.2) is 24.3 Å². The molecule has 0 saturated carbocycles. The van der Waals surface area contributed by atoms with Gasteiger partial charge in [-0.25, -0.2) is 0 Å². The summed E-state index contributed by atoms with van der Waals surface area (Å²) in [4.78, 5) is 20.7. The van der Waals surface area contributed by atoms with Gasteiger partial charge in [-0.2, -0.15) is 0 Å². The van der Waals surface area contributed by atoms with Crippen molar-refractivity contribution in [2.75, 3.05) is 0 Å². The van der Waals surface area contributed by atoms with Crippen LogP contribution in [0.3, 0.4) is 0 Å². The maximum absolute atomic E-state index is 10.5. The van der Waals surface area contributed by atoms with E-state index in [-0.39, 0.29) is 35.9 Å². The molecule has 0 saturated heterocycles. The van der Waals surface area contributed by atoms with Crippen LogP contribution < -0.4 is 10.2 Å². The van der Waals surface area contributed by atoms with Crippen molar-refractivity contribution in [3.63, 3.8) is 0 Å². The summed E-state index contributed by atoms with van der Waals surface area (Å²) in [5, 5.41) is 20.7. The molecular formula is C36H64O4Sn. The van der Waals surface area contributed by atoms with Gasteiger partial charge in [0.1, 0.15) is 0 Å². The number of aliphatic carboxylic acids is 1. The number of hydrogen-bond acceptors (Lipinski definition) is 4. The minimum absolute atomic E-state index is 0. The third kappa shape index (κ3) is 43.5. The second kappa shape index (κ2) is 41.1. The molecule has 0 unspecified atom stereocenters. The fraction of sp³-hybridized carbons (Fsp3) is 0.722. The number of aryl methyl sites for hydroxylation is 1. The van der Waals surface area contributed by atoms with E-state index < -0.39 is 11.9 Å². The van der Waals surface area contributed by atoms with Gasteiger partial charge in [0.25, 0.3) is 0 Å². The topological polar surface area (TPSA) is 80.3 Å². The van der Waals surface area contributed by atoms with Gasteiger partial charge < -0.3 is 19.8 Å². The summed E-state index contributed by atoms with van der Waals surface area (Å²) in [7, 11) is 0. The van der Waals surface area contributed by atoms with E-state index in [1.165, 1.54) is 89.9 Å². The molecule has 0 aliphatic rings. The normalized spacial score (nSPS) is 9.61. The third-order valence-electron chi connectivity index (χ3n) is 6.42. The van der Waals surface area contributed by atoms with Crippen LogP contribution in [0.4, 0.5) is 0 Å². The van der Waals surface area contributed by atoms with Gasteiger partial charge in [-0.1, -0.05) is 175 Å². The molecule has 1 aromatic carbocycles. The molecule has 236 valence electrons. The first-order valence-electron chi connectivity index (χ1n) is 16.4. The van der Waals surface area contributed by atoms with E-state index >= 15 is 0 Å². The van der Waals surface area contributed by atoms with E-state index in [1.807, 2.05) is 6.07 Å². The Morgan fingerprint density at radius 3 is 1.34 bits per heavy atom. The van der Waals surface area contributed by atoms with Gasteiger partial charge in [-0.3, -0.25) is 0 Å². The number of carbonyl (C=O) groups is 2. The zero-order valence-electron chi connectivity index (χ0n) is 27.4. The molecule has 0 aliphatic carbocycles. The Kier molecular flexibility index (Phi) is 47.0. The predicted molar refractivity (Wildman–Crippen MR) is 176 cm³/mol. The largest absolute Gasteiger partial charge is 2.00 e. The van der Waals surface area contributed by atoms with E-state index in [2.05, 4.69) is 41.5 Å². The van der Waals surface area contributed by atoms with Crippen molar-refractivity contribution < 1.29 is 19.8 Å². The van der Waals surface area contributed by atoms with E-state index in [1.54, 1.807) is 18.2 Å². The molecule has 41 heavy (non-hydrogen) atoms. The average Bonchev–Trinajstić information content (AvgIpc) is 2.96. The van der Waals surface area contributed by atoms with E-state index in [9.17, 15) is 19.8 Å². The molecular weight excluding hydrogens is 615 g/mol. The van der Waals surface area contributed by atoms with Gasteiger partial charge in [0.15, 0.2) is 0 Å². The number of carboxylic acids is 2. The molecule has 4 nitrogen and oxygen atoms in total. The predicted octanol–water partition coefficient (Wildman–Crippen LogP) is 8.86. The molecule has 5 heteroatoms. The molecule has 1 aromatic rings. The molecule has 0 heterocycles. The van der Waals surface area contributed by atoms with E-state index in [0.717, 1.165) is 50.5 Å². The molecule has 4 radical (unpaired) electrons. The molecule has 0 N–H and O–H groups in total. The Morgan fingerprint density at radius 1 is 0.610 bits per heavy atom. The van der Waals surface area contributed by atoms with Crippen molar-refractivity contribution in [1.29, 1.82) is 0 Å². The van der Waals surface area contributed by atoms with Gasteiger partial charge in [-0.05, 0) is 42.9 Å². The third-order valence-corrected chi connectivity index (χ3v) is 6.42. The first-order valence-corrected chi connectivity index (χ1v) is 16.4. The minimum Gasteiger partial charge on any atom is -0.550 e. The Balaban J connectivity index is -0.000000267. The van der Waals surface area contributed by atoms with Gasteiger partial charge in [0.05, 0.1) is 5.97 Å². The fourth-order valence-electron chi connectivity index (χ4n) is 3.70. The monoisotopic (exact) mass is 680 g/mol. The molecule has 0 aliphatic heterocycles. The van der Waals surface area contributed by atoms with Gasteiger partial charge >= 0.3 is 23.9 Å². The number of carboxylic acid groups (broad SMARTS) is 2. The number of aromatic carboxylic acids is 1. The quantitative estimate of drug-likeness (QED) is 0.0961. The summed E-state index contributed by atoms with van der Waals surface area (Å²) in [5.41, 5.74) is 1.34. The van der Waals surface area contributed by atoms with E-state index in [4.69, 9.17) is 0 Å². The molecule has 0 amide bonds. The van der Waals surface area contributed by atoms with Crippen molar-refractivity contribution in [3.05, 3.63) is 49.2 Å². The zero-order chi connectivity index (χ0) is 30.7. The van der Waals surface area contributed by atoms with Crippen LogP contribution in [0.25, 0.3) is 0 Å². The summed E-state index contributed by atoms with van der Waals surface area (Å²) >= 11 is 0. The Bertz CT molecular complexity index is 640. The zero-order valence-corrected chi connectivity index (χ0v) is 30.3. The molecule has 0 aromatic heterocycles. The van der Waals surface area contributed by atoms with Crippen molar-refractivity contribution in [2.45, 2.75) is 169 Å². The number of rotatable bonds is 21. The number of hydrogen-bond donors (Lipinski definition) is 0. The average molecular weight is 680 g/mol. The molecule has 0 spiro atoms. The summed E-state index contributed by atoms with van der Waals surface area (Å²) in [6.45, 7) is 15.8. The minimum atomic E-state index is -1.10. The van der Waals surface area contributed by atoms with Crippen molar-refractivity contribution >= 4 is 35.8 Å². The van der Waals surface area contributed by atoms with Crippen molar-refractivity contribution in [3.8, 4) is 0 Å². The SMILES string of the molecule is CCCCCCCCCCCCCCCCC(=O)[O-].CCCCc1cccc(C(=O)[O-])c1.[CH2]CCC.[CH2]CCC.[Sn+2]. The van der Waals surface area contributed by atoms with Crippen LogP contribution in [-0.2, 0) is 11.2 Å². The summed E-state index contributed by atoms with van der Waals surface area (Å²) < 4.78 is 0. The summed E-state index contributed by atoms with van der Waals surface area (Å²) in [6, 6.07) is 6.95. The van der Waals surface area contributed by atoms with Crippen LogP contribution in [0.2, 0.25) is 0 Å². The van der Waals surface area contributed by atoms with Gasteiger partial charge in [0.2, 0.25) is 0 Å². The molecule has 1 rings (SSSR count).